The summed E-state index contributed by atoms with van der Waals surface area (Å²) in [6, 6.07) is 12.8. The van der Waals surface area contributed by atoms with Crippen LogP contribution in [-0.4, -0.2) is 76.1 Å². The molecule has 2 aliphatic heterocycles. The molecule has 12 heteroatoms. The minimum atomic E-state index is -5.08. The van der Waals surface area contributed by atoms with Gasteiger partial charge in [0.2, 0.25) is 0 Å². The van der Waals surface area contributed by atoms with E-state index in [1.807, 2.05) is 11.0 Å². The number of hydrogen-bond donors (Lipinski definition) is 2. The van der Waals surface area contributed by atoms with Gasteiger partial charge in [-0.15, -0.1) is 0 Å². The lowest BCUT2D eigenvalue weighted by Gasteiger charge is -2.41. The number of piperidine rings is 2. The molecule has 2 amide bonds. The van der Waals surface area contributed by atoms with E-state index in [-0.39, 0.29) is 11.8 Å². The maximum atomic E-state index is 12.9. The van der Waals surface area contributed by atoms with Crippen LogP contribution in [0, 0.1) is 5.92 Å². The maximum Gasteiger partial charge on any atom is 0.490 e. The van der Waals surface area contributed by atoms with Crippen LogP contribution in [0.15, 0.2) is 42.5 Å². The highest BCUT2D eigenvalue weighted by Gasteiger charge is 2.38. The third-order valence-electron chi connectivity index (χ3n) is 6.80. The first-order chi connectivity index (χ1) is 18.4. The van der Waals surface area contributed by atoms with Crippen molar-refractivity contribution in [2.75, 3.05) is 26.2 Å². The molecule has 2 fully saturated rings. The zero-order chi connectivity index (χ0) is 28.6. The molecular formula is C27H32ClF3N4O4. The normalized spacial score (nSPS) is 18.6. The quantitative estimate of drug-likeness (QED) is 0.510. The summed E-state index contributed by atoms with van der Waals surface area (Å²) in [6.07, 6.45) is -0.387. The Labute approximate surface area is 230 Å². The van der Waals surface area contributed by atoms with E-state index in [2.05, 4.69) is 22.1 Å². The predicted molar refractivity (Wildman–Crippen MR) is 139 cm³/mol. The average molecular weight is 569 g/mol. The van der Waals surface area contributed by atoms with Crippen LogP contribution in [0.25, 0.3) is 0 Å². The summed E-state index contributed by atoms with van der Waals surface area (Å²) >= 11 is 5.88. The first kappa shape index (κ1) is 30.4. The summed E-state index contributed by atoms with van der Waals surface area (Å²) in [5.41, 5.74) is 1.84. The monoisotopic (exact) mass is 568 g/mol. The number of aromatic nitrogens is 1. The minimum Gasteiger partial charge on any atom is -0.475 e. The molecular weight excluding hydrogens is 537 g/mol. The Morgan fingerprint density at radius 2 is 1.64 bits per heavy atom. The van der Waals surface area contributed by atoms with Gasteiger partial charge in [-0.25, -0.2) is 9.78 Å². The highest BCUT2D eigenvalue weighted by Crippen LogP contribution is 2.24. The Kier molecular flexibility index (Phi) is 10.7. The number of amides is 2. The number of carboxylic acids is 1. The van der Waals surface area contributed by atoms with Gasteiger partial charge in [0.15, 0.2) is 0 Å². The molecule has 0 radical (unpaired) electrons. The fraction of sp³-hybridized carbons (Fsp3) is 0.481. The minimum absolute atomic E-state index is 0.0468. The van der Waals surface area contributed by atoms with Crippen LogP contribution < -0.4 is 5.32 Å². The standard InChI is InChI=1S/C25H31ClN4O2.C2HF3O2/c1-18-4-3-13-30(17-18)22-11-14-29(15-12-22)25(32)20-9-7-19(8-10-20)24(31)27-16-21-5-2-6-23(26)28-21;3-2(4,5)1(6)7/h2,5-10,18,22H,3-4,11-17H2,1H3,(H,27,31);(H,6,7). The molecule has 2 aliphatic rings. The molecule has 0 bridgehead atoms. The molecule has 1 aromatic carbocycles. The van der Waals surface area contributed by atoms with E-state index in [0.717, 1.165) is 31.8 Å². The molecule has 4 rings (SSSR count). The molecule has 3 heterocycles. The van der Waals surface area contributed by atoms with Gasteiger partial charge in [0.1, 0.15) is 5.15 Å². The molecule has 2 saturated heterocycles. The van der Waals surface area contributed by atoms with Gasteiger partial charge in [-0.1, -0.05) is 24.6 Å². The summed E-state index contributed by atoms with van der Waals surface area (Å²) in [5, 5.41) is 10.4. The second kappa shape index (κ2) is 13.7. The molecule has 8 nitrogen and oxygen atoms in total. The second-order valence-corrected chi connectivity index (χ2v) is 10.2. The van der Waals surface area contributed by atoms with Gasteiger partial charge in [0, 0.05) is 36.8 Å². The average Bonchev–Trinajstić information content (AvgIpc) is 2.91. The SMILES string of the molecule is CC1CCCN(C2CCN(C(=O)c3ccc(C(=O)NCc4cccc(Cl)n4)cc3)CC2)C1.O=C(O)C(F)(F)F. The third kappa shape index (κ3) is 9.21. The van der Waals surface area contributed by atoms with E-state index in [1.165, 1.54) is 25.9 Å². The molecule has 1 atom stereocenters. The van der Waals surface area contributed by atoms with Crippen LogP contribution in [0.1, 0.15) is 59.0 Å². The van der Waals surface area contributed by atoms with E-state index in [1.54, 1.807) is 36.4 Å². The number of pyridine rings is 1. The van der Waals surface area contributed by atoms with E-state index in [4.69, 9.17) is 21.5 Å². The van der Waals surface area contributed by atoms with Gasteiger partial charge in [-0.3, -0.25) is 14.5 Å². The summed E-state index contributed by atoms with van der Waals surface area (Å²) in [5.74, 6) is -2.14. The zero-order valence-corrected chi connectivity index (χ0v) is 22.3. The van der Waals surface area contributed by atoms with Crippen LogP contribution in [0.4, 0.5) is 13.2 Å². The summed E-state index contributed by atoms with van der Waals surface area (Å²) in [4.78, 5) is 43.0. The lowest BCUT2D eigenvalue weighted by Crippen LogP contribution is -2.49. The van der Waals surface area contributed by atoms with Crippen molar-refractivity contribution in [3.63, 3.8) is 0 Å². The maximum absolute atomic E-state index is 12.9. The number of hydrogen-bond acceptors (Lipinski definition) is 5. The first-order valence-corrected chi connectivity index (χ1v) is 13.1. The summed E-state index contributed by atoms with van der Waals surface area (Å²) in [6.45, 7) is 6.61. The van der Waals surface area contributed by atoms with Crippen LogP contribution in [0.3, 0.4) is 0 Å². The third-order valence-corrected chi connectivity index (χ3v) is 7.01. The van der Waals surface area contributed by atoms with Crippen molar-refractivity contribution in [3.05, 3.63) is 64.4 Å². The number of likely N-dealkylation sites (tertiary alicyclic amines) is 2. The zero-order valence-electron chi connectivity index (χ0n) is 21.6. The Balaban J connectivity index is 0.000000532. The van der Waals surface area contributed by atoms with Crippen LogP contribution >= 0.6 is 11.6 Å². The number of carbonyl (C=O) groups excluding carboxylic acids is 2. The molecule has 2 aromatic rings. The van der Waals surface area contributed by atoms with Crippen molar-refractivity contribution in [1.29, 1.82) is 0 Å². The molecule has 1 aromatic heterocycles. The molecule has 0 saturated carbocycles. The molecule has 212 valence electrons. The fourth-order valence-corrected chi connectivity index (χ4v) is 4.94. The summed E-state index contributed by atoms with van der Waals surface area (Å²) in [7, 11) is 0. The number of nitrogens with one attached hydrogen (secondary N) is 1. The largest absolute Gasteiger partial charge is 0.490 e. The van der Waals surface area contributed by atoms with Crippen LogP contribution in [0.5, 0.6) is 0 Å². The second-order valence-electron chi connectivity index (χ2n) is 9.78. The summed E-state index contributed by atoms with van der Waals surface area (Å²) < 4.78 is 31.7. The highest BCUT2D eigenvalue weighted by molar-refractivity contribution is 6.29. The lowest BCUT2D eigenvalue weighted by atomic mass is 9.95. The molecule has 39 heavy (non-hydrogen) atoms. The van der Waals surface area contributed by atoms with Gasteiger partial charge in [-0.05, 0) is 74.5 Å². The van der Waals surface area contributed by atoms with E-state index >= 15 is 0 Å². The van der Waals surface area contributed by atoms with Crippen molar-refractivity contribution in [2.24, 2.45) is 5.92 Å². The van der Waals surface area contributed by atoms with E-state index in [0.29, 0.717) is 34.6 Å². The molecule has 0 spiro atoms. The van der Waals surface area contributed by atoms with Crippen molar-refractivity contribution in [3.8, 4) is 0 Å². The van der Waals surface area contributed by atoms with Gasteiger partial charge in [0.05, 0.1) is 12.2 Å². The van der Waals surface area contributed by atoms with Gasteiger partial charge in [0.25, 0.3) is 11.8 Å². The number of benzene rings is 1. The topological polar surface area (TPSA) is 103 Å². The number of rotatable bonds is 5. The highest BCUT2D eigenvalue weighted by atomic mass is 35.5. The number of alkyl halides is 3. The van der Waals surface area contributed by atoms with Gasteiger partial charge in [-0.2, -0.15) is 13.2 Å². The van der Waals surface area contributed by atoms with Gasteiger partial charge < -0.3 is 15.3 Å². The number of halogens is 4. The number of carboxylic acid groups (broad SMARTS) is 1. The lowest BCUT2D eigenvalue weighted by molar-refractivity contribution is -0.192. The van der Waals surface area contributed by atoms with Crippen molar-refractivity contribution < 1.29 is 32.7 Å². The number of nitrogens with zero attached hydrogens (tertiary/aromatic N) is 3. The van der Waals surface area contributed by atoms with Crippen molar-refractivity contribution in [1.82, 2.24) is 20.1 Å². The van der Waals surface area contributed by atoms with E-state index in [9.17, 15) is 22.8 Å². The molecule has 2 N–H and O–H groups in total. The van der Waals surface area contributed by atoms with Crippen LogP contribution in [0.2, 0.25) is 5.15 Å². The van der Waals surface area contributed by atoms with Crippen molar-refractivity contribution in [2.45, 2.75) is 51.4 Å². The Morgan fingerprint density at radius 3 is 2.21 bits per heavy atom. The smallest absolute Gasteiger partial charge is 0.475 e. The molecule has 1 unspecified atom stereocenters. The van der Waals surface area contributed by atoms with Crippen molar-refractivity contribution >= 4 is 29.4 Å². The van der Waals surface area contributed by atoms with E-state index < -0.39 is 12.1 Å². The Morgan fingerprint density at radius 1 is 1.03 bits per heavy atom. The molecule has 0 aliphatic carbocycles. The Hall–Kier alpha value is -3.18. The number of aliphatic carboxylic acids is 1. The first-order valence-electron chi connectivity index (χ1n) is 12.8. The fourth-order valence-electron chi connectivity index (χ4n) is 4.76. The number of carbonyl (C=O) groups is 3. The van der Waals surface area contributed by atoms with Crippen LogP contribution in [-0.2, 0) is 11.3 Å². The predicted octanol–water partition coefficient (Wildman–Crippen LogP) is 4.63. The van der Waals surface area contributed by atoms with Gasteiger partial charge >= 0.3 is 12.1 Å². The Bertz CT molecular complexity index is 1140.